The van der Waals surface area contributed by atoms with E-state index in [1.165, 1.54) is 6.33 Å². The fraction of sp³-hybridized carbons (Fsp3) is 0.273. The fourth-order valence-electron chi connectivity index (χ4n) is 1.95. The number of hydrogen-bond donors (Lipinski definition) is 0. The van der Waals surface area contributed by atoms with E-state index in [-0.39, 0.29) is 5.88 Å². The third-order valence-corrected chi connectivity index (χ3v) is 2.98. The zero-order chi connectivity index (χ0) is 13.4. The van der Waals surface area contributed by atoms with Crippen LogP contribution >= 0.6 is 11.6 Å². The van der Waals surface area contributed by atoms with Crippen LogP contribution in [0.3, 0.4) is 0 Å². The van der Waals surface area contributed by atoms with Crippen LogP contribution in [0.4, 0.5) is 0 Å². The Bertz CT molecular complexity index is 734. The monoisotopic (exact) mass is 278 g/mol. The fourth-order valence-corrected chi connectivity index (χ4v) is 2.13. The van der Waals surface area contributed by atoms with Crippen LogP contribution in [0.2, 0.25) is 0 Å². The maximum atomic E-state index is 5.96. The molecule has 0 aromatic carbocycles. The van der Waals surface area contributed by atoms with Gasteiger partial charge in [0.25, 0.3) is 0 Å². The second kappa shape index (κ2) is 4.51. The minimum absolute atomic E-state index is 0.258. The number of imidazole rings is 1. The van der Waals surface area contributed by atoms with E-state index in [1.54, 1.807) is 18.0 Å². The number of nitrogens with zero attached hydrogens (tertiary/aromatic N) is 6. The first-order chi connectivity index (χ1) is 9.24. The van der Waals surface area contributed by atoms with Gasteiger partial charge >= 0.3 is 0 Å². The Morgan fingerprint density at radius 1 is 1.37 bits per heavy atom. The number of halogens is 1. The summed E-state index contributed by atoms with van der Waals surface area (Å²) in [5, 5.41) is 4.15. The normalized spacial score (nSPS) is 11.1. The van der Waals surface area contributed by atoms with Gasteiger partial charge in [-0.05, 0) is 0 Å². The van der Waals surface area contributed by atoms with Crippen molar-refractivity contribution in [1.29, 1.82) is 0 Å². The number of alkyl halides is 1. The van der Waals surface area contributed by atoms with Gasteiger partial charge in [-0.15, -0.1) is 11.6 Å². The maximum Gasteiger partial charge on any atom is 0.245 e. The number of fused-ring (bicyclic) bond motifs is 1. The van der Waals surface area contributed by atoms with Gasteiger partial charge in [-0.25, -0.2) is 9.97 Å². The van der Waals surface area contributed by atoms with Crippen molar-refractivity contribution in [1.82, 2.24) is 29.3 Å². The molecule has 0 aliphatic rings. The van der Waals surface area contributed by atoms with E-state index in [0.717, 1.165) is 5.69 Å². The zero-order valence-corrected chi connectivity index (χ0v) is 11.2. The highest BCUT2D eigenvalue weighted by molar-refractivity contribution is 6.17. The Kier molecular flexibility index (Phi) is 2.83. The summed E-state index contributed by atoms with van der Waals surface area (Å²) >= 11 is 5.96. The van der Waals surface area contributed by atoms with E-state index in [1.807, 2.05) is 17.8 Å². The molecule has 0 amide bonds. The highest BCUT2D eigenvalue weighted by Gasteiger charge is 2.17. The molecule has 0 unspecified atom stereocenters. The van der Waals surface area contributed by atoms with Crippen molar-refractivity contribution in [3.8, 4) is 11.6 Å². The summed E-state index contributed by atoms with van der Waals surface area (Å²) in [6.45, 7) is 0. The molecule has 3 aromatic rings. The van der Waals surface area contributed by atoms with Crippen LogP contribution in [0.5, 0.6) is 5.88 Å². The number of methoxy groups -OCH3 is 1. The molecular weight excluding hydrogens is 268 g/mol. The molecule has 0 aliphatic heterocycles. The van der Waals surface area contributed by atoms with E-state index in [9.17, 15) is 0 Å². The van der Waals surface area contributed by atoms with E-state index >= 15 is 0 Å². The molecule has 7 nitrogen and oxygen atoms in total. The second-order valence-electron chi connectivity index (χ2n) is 3.92. The molecule has 0 aliphatic carbocycles. The average Bonchev–Trinajstić information content (AvgIpc) is 3.00. The van der Waals surface area contributed by atoms with Crippen LogP contribution in [0.15, 0.2) is 18.7 Å². The molecule has 3 aromatic heterocycles. The third kappa shape index (κ3) is 1.82. The average molecular weight is 279 g/mol. The number of aromatic nitrogens is 6. The van der Waals surface area contributed by atoms with Crippen LogP contribution in [0.25, 0.3) is 16.9 Å². The Balaban J connectivity index is 2.33. The summed E-state index contributed by atoms with van der Waals surface area (Å²) < 4.78 is 8.74. The van der Waals surface area contributed by atoms with Crippen LogP contribution in [-0.2, 0) is 12.9 Å². The number of rotatable bonds is 3. The number of aryl methyl sites for hydroxylation is 1. The SMILES string of the molecule is COc1ncnc2c1nc(CCl)n2-c1cnn(C)c1. The molecular formula is C11H11ClN6O. The van der Waals surface area contributed by atoms with Crippen molar-refractivity contribution in [3.63, 3.8) is 0 Å². The molecule has 0 fully saturated rings. The van der Waals surface area contributed by atoms with Gasteiger partial charge < -0.3 is 4.74 Å². The molecule has 0 atom stereocenters. The quantitative estimate of drug-likeness (QED) is 0.675. The number of hydrogen-bond acceptors (Lipinski definition) is 5. The van der Waals surface area contributed by atoms with Crippen molar-refractivity contribution in [3.05, 3.63) is 24.5 Å². The predicted octanol–water partition coefficient (Wildman–Crippen LogP) is 1.30. The Hall–Kier alpha value is -2.15. The molecule has 0 spiro atoms. The summed E-state index contributed by atoms with van der Waals surface area (Å²) in [6.07, 6.45) is 5.03. The van der Waals surface area contributed by atoms with E-state index < -0.39 is 0 Å². The summed E-state index contributed by atoms with van der Waals surface area (Å²) in [6, 6.07) is 0. The first kappa shape index (κ1) is 11.9. The lowest BCUT2D eigenvalue weighted by molar-refractivity contribution is 0.401. The summed E-state index contributed by atoms with van der Waals surface area (Å²) in [4.78, 5) is 12.7. The molecule has 98 valence electrons. The standard InChI is InChI=1S/C11H11ClN6O/c1-17-5-7(4-15-17)18-8(3-12)16-9-10(18)13-6-14-11(9)19-2/h4-6H,3H2,1-2H3. The second-order valence-corrected chi connectivity index (χ2v) is 4.19. The lowest BCUT2D eigenvalue weighted by Gasteiger charge is -2.03. The van der Waals surface area contributed by atoms with Gasteiger partial charge in [0.05, 0.1) is 24.9 Å². The van der Waals surface area contributed by atoms with Crippen molar-refractivity contribution in [2.24, 2.45) is 7.05 Å². The van der Waals surface area contributed by atoms with Gasteiger partial charge in [0.1, 0.15) is 12.2 Å². The van der Waals surface area contributed by atoms with Gasteiger partial charge in [-0.1, -0.05) is 0 Å². The molecule has 0 N–H and O–H groups in total. The highest BCUT2D eigenvalue weighted by Crippen LogP contribution is 2.25. The van der Waals surface area contributed by atoms with Crippen LogP contribution in [-0.4, -0.2) is 36.4 Å². The molecule has 3 heterocycles. The van der Waals surface area contributed by atoms with E-state index in [4.69, 9.17) is 16.3 Å². The van der Waals surface area contributed by atoms with Crippen molar-refractivity contribution >= 4 is 22.8 Å². The van der Waals surface area contributed by atoms with Crippen molar-refractivity contribution in [2.45, 2.75) is 5.88 Å². The van der Waals surface area contributed by atoms with Crippen molar-refractivity contribution < 1.29 is 4.74 Å². The molecule has 0 saturated heterocycles. The lowest BCUT2D eigenvalue weighted by Crippen LogP contribution is -1.99. The Morgan fingerprint density at radius 2 is 2.21 bits per heavy atom. The third-order valence-electron chi connectivity index (χ3n) is 2.74. The van der Waals surface area contributed by atoms with Crippen LogP contribution in [0, 0.1) is 0 Å². The topological polar surface area (TPSA) is 70.7 Å². The lowest BCUT2D eigenvalue weighted by atomic mass is 10.5. The van der Waals surface area contributed by atoms with Crippen LogP contribution < -0.4 is 4.74 Å². The Morgan fingerprint density at radius 3 is 2.84 bits per heavy atom. The summed E-state index contributed by atoms with van der Waals surface area (Å²) in [7, 11) is 3.39. The smallest absolute Gasteiger partial charge is 0.245 e. The molecule has 8 heteroatoms. The first-order valence-electron chi connectivity index (χ1n) is 5.56. The molecule has 0 radical (unpaired) electrons. The predicted molar refractivity (Wildman–Crippen MR) is 69.5 cm³/mol. The largest absolute Gasteiger partial charge is 0.479 e. The molecule has 0 saturated carbocycles. The number of ether oxygens (including phenoxy) is 1. The highest BCUT2D eigenvalue weighted by atomic mass is 35.5. The maximum absolute atomic E-state index is 5.96. The van der Waals surface area contributed by atoms with E-state index in [0.29, 0.717) is 22.9 Å². The Labute approximate surface area is 113 Å². The van der Waals surface area contributed by atoms with Crippen molar-refractivity contribution in [2.75, 3.05) is 7.11 Å². The minimum Gasteiger partial charge on any atom is -0.479 e. The van der Waals surface area contributed by atoms with Gasteiger partial charge in [-0.2, -0.15) is 10.1 Å². The van der Waals surface area contributed by atoms with E-state index in [2.05, 4.69) is 20.1 Å². The summed E-state index contributed by atoms with van der Waals surface area (Å²) in [5.41, 5.74) is 2.08. The molecule has 3 rings (SSSR count). The first-order valence-corrected chi connectivity index (χ1v) is 6.09. The zero-order valence-electron chi connectivity index (χ0n) is 10.4. The minimum atomic E-state index is 0.258. The van der Waals surface area contributed by atoms with Gasteiger partial charge in [0.15, 0.2) is 11.2 Å². The van der Waals surface area contributed by atoms with Gasteiger partial charge in [0, 0.05) is 13.2 Å². The van der Waals surface area contributed by atoms with Gasteiger partial charge in [-0.3, -0.25) is 9.25 Å². The van der Waals surface area contributed by atoms with Crippen LogP contribution in [0.1, 0.15) is 5.82 Å². The molecule has 19 heavy (non-hydrogen) atoms. The van der Waals surface area contributed by atoms with Gasteiger partial charge in [0.2, 0.25) is 5.88 Å². The molecule has 0 bridgehead atoms. The summed E-state index contributed by atoms with van der Waals surface area (Å²) in [5.74, 6) is 1.36.